The van der Waals surface area contributed by atoms with E-state index in [4.69, 9.17) is 5.11 Å². The molecule has 98 valence electrons. The minimum Gasteiger partial charge on any atom is -0.480 e. The molecule has 0 aromatic heterocycles. The first-order chi connectivity index (χ1) is 8.50. The number of nitrogens with one attached hydrogen (secondary N) is 1. The lowest BCUT2D eigenvalue weighted by atomic mass is 10.0. The van der Waals surface area contributed by atoms with Crippen LogP contribution in [0.25, 0.3) is 0 Å². The molecule has 4 heteroatoms. The van der Waals surface area contributed by atoms with Crippen LogP contribution >= 0.6 is 0 Å². The van der Waals surface area contributed by atoms with Crippen LogP contribution in [0, 0.1) is 5.92 Å². The highest BCUT2D eigenvalue weighted by Gasteiger charge is 2.20. The van der Waals surface area contributed by atoms with E-state index in [-0.39, 0.29) is 11.8 Å². The number of carbonyl (C=O) groups excluding carboxylic acids is 1. The summed E-state index contributed by atoms with van der Waals surface area (Å²) in [5, 5.41) is 11.6. The maximum absolute atomic E-state index is 11.5. The zero-order chi connectivity index (χ0) is 13.5. The Morgan fingerprint density at radius 2 is 1.83 bits per heavy atom. The quantitative estimate of drug-likeness (QED) is 0.808. The highest BCUT2D eigenvalue weighted by molar-refractivity contribution is 5.84. The van der Waals surface area contributed by atoms with Gasteiger partial charge in [-0.25, -0.2) is 4.79 Å². The molecule has 0 saturated heterocycles. The highest BCUT2D eigenvalue weighted by atomic mass is 16.4. The van der Waals surface area contributed by atoms with Gasteiger partial charge in [0, 0.05) is 5.92 Å². The number of aliphatic carboxylic acids is 1. The van der Waals surface area contributed by atoms with Gasteiger partial charge >= 0.3 is 5.97 Å². The van der Waals surface area contributed by atoms with E-state index in [9.17, 15) is 9.59 Å². The molecule has 0 radical (unpaired) electrons. The number of amides is 1. The third kappa shape index (κ3) is 4.57. The van der Waals surface area contributed by atoms with Gasteiger partial charge in [-0.3, -0.25) is 4.79 Å². The summed E-state index contributed by atoms with van der Waals surface area (Å²) in [4.78, 5) is 22.6. The Bertz CT molecular complexity index is 401. The van der Waals surface area contributed by atoms with Crippen molar-refractivity contribution >= 4 is 11.9 Å². The van der Waals surface area contributed by atoms with Crippen LogP contribution in [0.4, 0.5) is 0 Å². The summed E-state index contributed by atoms with van der Waals surface area (Å²) >= 11 is 0. The predicted octanol–water partition coefficient (Wildman–Crippen LogP) is 1.84. The Morgan fingerprint density at radius 3 is 2.33 bits per heavy atom. The number of carboxylic acid groups (broad SMARTS) is 1. The van der Waals surface area contributed by atoms with Gasteiger partial charge in [0.25, 0.3) is 0 Å². The second-order valence-corrected chi connectivity index (χ2v) is 4.58. The number of aryl methyl sites for hydroxylation is 1. The minimum absolute atomic E-state index is 0.205. The van der Waals surface area contributed by atoms with Crippen LogP contribution in [0.15, 0.2) is 30.3 Å². The topological polar surface area (TPSA) is 66.4 Å². The monoisotopic (exact) mass is 249 g/mol. The van der Waals surface area contributed by atoms with Gasteiger partial charge in [0.15, 0.2) is 0 Å². The molecule has 18 heavy (non-hydrogen) atoms. The van der Waals surface area contributed by atoms with E-state index in [1.54, 1.807) is 13.8 Å². The van der Waals surface area contributed by atoms with Gasteiger partial charge in [-0.15, -0.1) is 0 Å². The number of carbonyl (C=O) groups is 2. The maximum atomic E-state index is 11.5. The van der Waals surface area contributed by atoms with Crippen molar-refractivity contribution in [2.75, 3.05) is 0 Å². The van der Waals surface area contributed by atoms with Crippen LogP contribution in [0.5, 0.6) is 0 Å². The molecular formula is C14H19NO3. The number of carboxylic acids is 1. The van der Waals surface area contributed by atoms with Gasteiger partial charge in [-0.1, -0.05) is 44.2 Å². The molecule has 1 amide bonds. The van der Waals surface area contributed by atoms with Gasteiger partial charge in [0.05, 0.1) is 0 Å². The molecular weight excluding hydrogens is 230 g/mol. The van der Waals surface area contributed by atoms with Crippen LogP contribution < -0.4 is 5.32 Å². The molecule has 0 aliphatic carbocycles. The summed E-state index contributed by atoms with van der Waals surface area (Å²) in [5.41, 5.74) is 1.07. The highest BCUT2D eigenvalue weighted by Crippen LogP contribution is 2.06. The van der Waals surface area contributed by atoms with Crippen molar-refractivity contribution in [3.05, 3.63) is 35.9 Å². The molecule has 0 unspecified atom stereocenters. The summed E-state index contributed by atoms with van der Waals surface area (Å²) in [5.74, 6) is -1.42. The number of benzene rings is 1. The minimum atomic E-state index is -0.986. The second-order valence-electron chi connectivity index (χ2n) is 4.58. The summed E-state index contributed by atoms with van der Waals surface area (Å²) in [6.45, 7) is 3.48. The van der Waals surface area contributed by atoms with Crippen molar-refractivity contribution in [1.82, 2.24) is 5.32 Å². The van der Waals surface area contributed by atoms with E-state index >= 15 is 0 Å². The third-order valence-electron chi connectivity index (χ3n) is 2.70. The largest absolute Gasteiger partial charge is 0.480 e. The molecule has 1 rings (SSSR count). The van der Waals surface area contributed by atoms with Crippen molar-refractivity contribution in [1.29, 1.82) is 0 Å². The summed E-state index contributed by atoms with van der Waals surface area (Å²) < 4.78 is 0. The van der Waals surface area contributed by atoms with Crippen molar-refractivity contribution < 1.29 is 14.7 Å². The van der Waals surface area contributed by atoms with E-state index in [1.165, 1.54) is 0 Å². The first-order valence-corrected chi connectivity index (χ1v) is 6.08. The summed E-state index contributed by atoms with van der Waals surface area (Å²) in [6, 6.07) is 8.82. The molecule has 1 aromatic rings. The van der Waals surface area contributed by atoms with Gasteiger partial charge in [0.2, 0.25) is 5.91 Å². The number of hydrogen-bond donors (Lipinski definition) is 2. The lowest BCUT2D eigenvalue weighted by molar-refractivity contribution is -0.142. The maximum Gasteiger partial charge on any atom is 0.326 e. The van der Waals surface area contributed by atoms with Crippen molar-refractivity contribution in [2.45, 2.75) is 32.7 Å². The Balaban J connectivity index is 2.54. The molecule has 1 aromatic carbocycles. The predicted molar refractivity (Wildman–Crippen MR) is 69.2 cm³/mol. The first-order valence-electron chi connectivity index (χ1n) is 6.08. The van der Waals surface area contributed by atoms with E-state index in [2.05, 4.69) is 5.32 Å². The fourth-order valence-electron chi connectivity index (χ4n) is 1.55. The molecule has 0 aliphatic rings. The molecule has 0 aliphatic heterocycles. The molecule has 0 heterocycles. The van der Waals surface area contributed by atoms with Crippen LogP contribution in [0.1, 0.15) is 25.8 Å². The van der Waals surface area contributed by atoms with Crippen molar-refractivity contribution in [3.8, 4) is 0 Å². The van der Waals surface area contributed by atoms with Crippen LogP contribution in [0.3, 0.4) is 0 Å². The number of rotatable bonds is 6. The third-order valence-corrected chi connectivity index (χ3v) is 2.70. The first kappa shape index (κ1) is 14.2. The van der Waals surface area contributed by atoms with E-state index in [1.807, 2.05) is 30.3 Å². The normalized spacial score (nSPS) is 12.2. The Kier molecular flexibility index (Phi) is 5.36. The fourth-order valence-corrected chi connectivity index (χ4v) is 1.55. The van der Waals surface area contributed by atoms with Crippen LogP contribution in [-0.2, 0) is 16.0 Å². The smallest absolute Gasteiger partial charge is 0.326 e. The zero-order valence-electron chi connectivity index (χ0n) is 10.7. The zero-order valence-corrected chi connectivity index (χ0v) is 10.7. The van der Waals surface area contributed by atoms with Gasteiger partial charge < -0.3 is 10.4 Å². The SMILES string of the molecule is CC(C)C(=O)N[C@@H](CCc1ccccc1)C(=O)O. The lowest BCUT2D eigenvalue weighted by Crippen LogP contribution is -2.42. The van der Waals surface area contributed by atoms with Crippen LogP contribution in [-0.4, -0.2) is 23.0 Å². The molecule has 0 fully saturated rings. The lowest BCUT2D eigenvalue weighted by Gasteiger charge is -2.16. The second kappa shape index (κ2) is 6.79. The van der Waals surface area contributed by atoms with Gasteiger partial charge in [0.1, 0.15) is 6.04 Å². The molecule has 0 saturated carbocycles. The summed E-state index contributed by atoms with van der Waals surface area (Å²) in [6.07, 6.45) is 1.04. The van der Waals surface area contributed by atoms with Crippen LogP contribution in [0.2, 0.25) is 0 Å². The molecule has 0 spiro atoms. The summed E-state index contributed by atoms with van der Waals surface area (Å²) in [7, 11) is 0. The van der Waals surface area contributed by atoms with E-state index in [0.717, 1.165) is 5.56 Å². The fraction of sp³-hybridized carbons (Fsp3) is 0.429. The Morgan fingerprint density at radius 1 is 1.22 bits per heavy atom. The van der Waals surface area contributed by atoms with Crippen molar-refractivity contribution in [3.63, 3.8) is 0 Å². The van der Waals surface area contributed by atoms with Gasteiger partial charge in [-0.2, -0.15) is 0 Å². The number of hydrogen-bond acceptors (Lipinski definition) is 2. The molecule has 4 nitrogen and oxygen atoms in total. The standard InChI is InChI=1S/C14H19NO3/c1-10(2)13(16)15-12(14(17)18)9-8-11-6-4-3-5-7-11/h3-7,10,12H,8-9H2,1-2H3,(H,15,16)(H,17,18)/t12-/m0/s1. The molecule has 0 bridgehead atoms. The van der Waals surface area contributed by atoms with E-state index in [0.29, 0.717) is 12.8 Å². The average molecular weight is 249 g/mol. The molecule has 1 atom stereocenters. The van der Waals surface area contributed by atoms with Gasteiger partial charge in [-0.05, 0) is 18.4 Å². The average Bonchev–Trinajstić information content (AvgIpc) is 2.34. The Labute approximate surface area is 107 Å². The van der Waals surface area contributed by atoms with Crippen molar-refractivity contribution in [2.24, 2.45) is 5.92 Å². The Hall–Kier alpha value is -1.84. The van der Waals surface area contributed by atoms with E-state index < -0.39 is 12.0 Å². The molecule has 2 N–H and O–H groups in total.